The highest BCUT2D eigenvalue weighted by Gasteiger charge is 2.13. The van der Waals surface area contributed by atoms with Gasteiger partial charge in [0.25, 0.3) is 0 Å². The van der Waals surface area contributed by atoms with E-state index in [-0.39, 0.29) is 11.8 Å². The molecule has 0 heterocycles. The van der Waals surface area contributed by atoms with Crippen molar-refractivity contribution < 1.29 is 9.90 Å². The standard InChI is InChI=1S/C21H25Cl2NO2/c1-13(2)16-9-14(5-7-20(16)25)10-17-18(22)11-15(12-19(17)23)6-8-21(26)24(3)4/h5,7,9,11-13,25H,6,8,10H2,1-4H3. The highest BCUT2D eigenvalue weighted by atomic mass is 35.5. The summed E-state index contributed by atoms with van der Waals surface area (Å²) in [5.41, 5.74) is 3.77. The van der Waals surface area contributed by atoms with Gasteiger partial charge in [0.15, 0.2) is 0 Å². The zero-order valence-corrected chi connectivity index (χ0v) is 17.2. The molecule has 0 bridgehead atoms. The van der Waals surface area contributed by atoms with Gasteiger partial charge in [0.05, 0.1) is 0 Å². The summed E-state index contributed by atoms with van der Waals surface area (Å²) in [6.07, 6.45) is 1.62. The topological polar surface area (TPSA) is 40.5 Å². The molecule has 2 aromatic carbocycles. The summed E-state index contributed by atoms with van der Waals surface area (Å²) in [7, 11) is 3.49. The van der Waals surface area contributed by atoms with Crippen molar-refractivity contribution in [1.29, 1.82) is 0 Å². The van der Waals surface area contributed by atoms with E-state index < -0.39 is 0 Å². The van der Waals surface area contributed by atoms with Gasteiger partial charge in [0.1, 0.15) is 5.75 Å². The number of carbonyl (C=O) groups excluding carboxylic acids is 1. The summed E-state index contributed by atoms with van der Waals surface area (Å²) in [5, 5.41) is 11.2. The van der Waals surface area contributed by atoms with E-state index in [4.69, 9.17) is 23.2 Å². The van der Waals surface area contributed by atoms with E-state index in [9.17, 15) is 9.90 Å². The molecular formula is C21H25Cl2NO2. The minimum Gasteiger partial charge on any atom is -0.508 e. The van der Waals surface area contributed by atoms with E-state index in [2.05, 4.69) is 0 Å². The number of hydrogen-bond donors (Lipinski definition) is 1. The largest absolute Gasteiger partial charge is 0.508 e. The summed E-state index contributed by atoms with van der Waals surface area (Å²) in [4.78, 5) is 13.3. The SMILES string of the molecule is CC(C)c1cc(Cc2c(Cl)cc(CCC(=O)N(C)C)cc2Cl)ccc1O. The first kappa shape index (κ1) is 20.6. The minimum atomic E-state index is 0.0756. The Labute approximate surface area is 165 Å². The van der Waals surface area contributed by atoms with Crippen LogP contribution in [0.3, 0.4) is 0 Å². The van der Waals surface area contributed by atoms with Gasteiger partial charge in [-0.05, 0) is 52.8 Å². The maximum atomic E-state index is 11.7. The number of nitrogens with zero attached hydrogens (tertiary/aromatic N) is 1. The average Bonchev–Trinajstić information content (AvgIpc) is 2.56. The van der Waals surface area contributed by atoms with Crippen LogP contribution in [0.15, 0.2) is 30.3 Å². The van der Waals surface area contributed by atoms with Crippen molar-refractivity contribution in [3.05, 3.63) is 62.6 Å². The van der Waals surface area contributed by atoms with Gasteiger partial charge in [-0.2, -0.15) is 0 Å². The first-order valence-electron chi connectivity index (χ1n) is 8.67. The van der Waals surface area contributed by atoms with Crippen molar-refractivity contribution in [2.24, 2.45) is 0 Å². The highest BCUT2D eigenvalue weighted by molar-refractivity contribution is 6.36. The van der Waals surface area contributed by atoms with Gasteiger partial charge in [-0.3, -0.25) is 4.79 Å². The first-order valence-corrected chi connectivity index (χ1v) is 9.43. The number of halogens is 2. The number of phenols is 1. The molecule has 0 saturated heterocycles. The monoisotopic (exact) mass is 393 g/mol. The molecule has 5 heteroatoms. The van der Waals surface area contributed by atoms with Gasteiger partial charge < -0.3 is 10.0 Å². The maximum Gasteiger partial charge on any atom is 0.222 e. The lowest BCUT2D eigenvalue weighted by Gasteiger charge is -2.14. The molecule has 1 N–H and O–H groups in total. The van der Waals surface area contributed by atoms with Crippen molar-refractivity contribution in [1.82, 2.24) is 4.90 Å². The fourth-order valence-electron chi connectivity index (χ4n) is 2.82. The van der Waals surface area contributed by atoms with Crippen molar-refractivity contribution in [2.75, 3.05) is 14.1 Å². The van der Waals surface area contributed by atoms with Crippen molar-refractivity contribution >= 4 is 29.1 Å². The van der Waals surface area contributed by atoms with Gasteiger partial charge >= 0.3 is 0 Å². The summed E-state index contributed by atoms with van der Waals surface area (Å²) < 4.78 is 0. The summed E-state index contributed by atoms with van der Waals surface area (Å²) in [6, 6.07) is 9.37. The van der Waals surface area contributed by atoms with Crippen LogP contribution >= 0.6 is 23.2 Å². The van der Waals surface area contributed by atoms with Crippen LogP contribution < -0.4 is 0 Å². The van der Waals surface area contributed by atoms with E-state index in [0.717, 1.165) is 22.3 Å². The van der Waals surface area contributed by atoms with E-state index in [1.807, 2.05) is 38.1 Å². The van der Waals surface area contributed by atoms with Crippen molar-refractivity contribution in [2.45, 2.75) is 39.0 Å². The molecule has 140 valence electrons. The number of aryl methyl sites for hydroxylation is 1. The number of hydrogen-bond acceptors (Lipinski definition) is 2. The molecular weight excluding hydrogens is 369 g/mol. The molecule has 0 radical (unpaired) electrons. The molecule has 2 rings (SSSR count). The van der Waals surface area contributed by atoms with Crippen LogP contribution in [0.5, 0.6) is 5.75 Å². The molecule has 3 nitrogen and oxygen atoms in total. The van der Waals surface area contributed by atoms with Crippen LogP contribution in [-0.4, -0.2) is 30.0 Å². The number of aromatic hydroxyl groups is 1. The van der Waals surface area contributed by atoms with Crippen LogP contribution in [0.25, 0.3) is 0 Å². The summed E-state index contributed by atoms with van der Waals surface area (Å²) in [5.74, 6) is 0.617. The normalized spacial score (nSPS) is 11.0. The second-order valence-electron chi connectivity index (χ2n) is 7.05. The number of carbonyl (C=O) groups is 1. The fraction of sp³-hybridized carbons (Fsp3) is 0.381. The second-order valence-corrected chi connectivity index (χ2v) is 7.87. The Hall–Kier alpha value is -1.71. The predicted molar refractivity (Wildman–Crippen MR) is 108 cm³/mol. The molecule has 0 spiro atoms. The molecule has 26 heavy (non-hydrogen) atoms. The summed E-state index contributed by atoms with van der Waals surface area (Å²) >= 11 is 12.9. The highest BCUT2D eigenvalue weighted by Crippen LogP contribution is 2.32. The molecule has 2 aromatic rings. The molecule has 0 saturated carbocycles. The van der Waals surface area contributed by atoms with Crippen LogP contribution in [0.1, 0.15) is 48.4 Å². The Bertz CT molecular complexity index is 778. The van der Waals surface area contributed by atoms with Gasteiger partial charge in [-0.15, -0.1) is 0 Å². The lowest BCUT2D eigenvalue weighted by Crippen LogP contribution is -2.21. The Kier molecular flexibility index (Phi) is 6.96. The lowest BCUT2D eigenvalue weighted by atomic mass is 9.96. The quantitative estimate of drug-likeness (QED) is 0.709. The number of phenolic OH excluding ortho intramolecular Hbond substituents is 1. The zero-order chi connectivity index (χ0) is 19.4. The molecule has 0 unspecified atom stereocenters. The Morgan fingerprint density at radius 3 is 2.23 bits per heavy atom. The van der Waals surface area contributed by atoms with Gasteiger partial charge in [-0.25, -0.2) is 0 Å². The van der Waals surface area contributed by atoms with Crippen LogP contribution in [0.2, 0.25) is 10.0 Å². The summed E-state index contributed by atoms with van der Waals surface area (Å²) in [6.45, 7) is 4.09. The van der Waals surface area contributed by atoms with E-state index in [1.165, 1.54) is 0 Å². The number of benzene rings is 2. The molecule has 0 atom stereocenters. The van der Waals surface area contributed by atoms with Gasteiger partial charge in [0, 0.05) is 37.0 Å². The average molecular weight is 394 g/mol. The third kappa shape index (κ3) is 5.15. The van der Waals surface area contributed by atoms with Crippen LogP contribution in [-0.2, 0) is 17.6 Å². The Balaban J connectivity index is 2.21. The first-order chi connectivity index (χ1) is 12.2. The number of amides is 1. The fourth-order valence-corrected chi connectivity index (χ4v) is 3.49. The Morgan fingerprint density at radius 2 is 1.69 bits per heavy atom. The zero-order valence-electron chi connectivity index (χ0n) is 15.6. The Morgan fingerprint density at radius 1 is 1.08 bits per heavy atom. The molecule has 0 aliphatic carbocycles. The van der Waals surface area contributed by atoms with Crippen LogP contribution in [0.4, 0.5) is 0 Å². The second kappa shape index (κ2) is 8.79. The van der Waals surface area contributed by atoms with E-state index in [1.54, 1.807) is 25.1 Å². The molecule has 0 aromatic heterocycles. The van der Waals surface area contributed by atoms with Gasteiger partial charge in [0.2, 0.25) is 5.91 Å². The third-order valence-corrected chi connectivity index (χ3v) is 5.10. The minimum absolute atomic E-state index is 0.0756. The predicted octanol–water partition coefficient (Wildman–Crippen LogP) is 5.43. The molecule has 0 fully saturated rings. The molecule has 0 aliphatic heterocycles. The van der Waals surface area contributed by atoms with Crippen molar-refractivity contribution in [3.8, 4) is 5.75 Å². The van der Waals surface area contributed by atoms with Crippen LogP contribution in [0, 0.1) is 0 Å². The van der Waals surface area contributed by atoms with Gasteiger partial charge in [-0.1, -0.05) is 49.2 Å². The smallest absolute Gasteiger partial charge is 0.222 e. The number of rotatable bonds is 6. The maximum absolute atomic E-state index is 11.7. The molecule has 1 amide bonds. The van der Waals surface area contributed by atoms with E-state index in [0.29, 0.717) is 35.1 Å². The molecule has 0 aliphatic rings. The lowest BCUT2D eigenvalue weighted by molar-refractivity contribution is -0.128. The third-order valence-electron chi connectivity index (χ3n) is 4.42. The van der Waals surface area contributed by atoms with Crippen molar-refractivity contribution in [3.63, 3.8) is 0 Å². The van der Waals surface area contributed by atoms with E-state index >= 15 is 0 Å².